The predicted octanol–water partition coefficient (Wildman–Crippen LogP) is 3.59. The molecule has 21 heavy (non-hydrogen) atoms. The molecule has 0 atom stereocenters. The van der Waals surface area contributed by atoms with Crippen LogP contribution in [0.2, 0.25) is 0 Å². The molecule has 0 fully saturated rings. The van der Waals surface area contributed by atoms with Crippen molar-refractivity contribution in [3.05, 3.63) is 51.7 Å². The van der Waals surface area contributed by atoms with Gasteiger partial charge in [-0.05, 0) is 49.2 Å². The highest BCUT2D eigenvalue weighted by Gasteiger charge is 2.20. The van der Waals surface area contributed by atoms with Gasteiger partial charge in [0.1, 0.15) is 5.82 Å². The third-order valence-electron chi connectivity index (χ3n) is 3.10. The zero-order valence-electron chi connectivity index (χ0n) is 11.4. The van der Waals surface area contributed by atoms with Crippen molar-refractivity contribution in [1.82, 2.24) is 0 Å². The predicted molar refractivity (Wildman–Crippen MR) is 85.2 cm³/mol. The van der Waals surface area contributed by atoms with E-state index in [4.69, 9.17) is 5.73 Å². The molecule has 0 bridgehead atoms. The summed E-state index contributed by atoms with van der Waals surface area (Å²) in [6, 6.07) is 7.01. The number of nitrogens with two attached hydrogens (primary N) is 1. The summed E-state index contributed by atoms with van der Waals surface area (Å²) >= 11 is 3.22. The Morgan fingerprint density at radius 1 is 1.19 bits per heavy atom. The Morgan fingerprint density at radius 3 is 2.52 bits per heavy atom. The Labute approximate surface area is 131 Å². The largest absolute Gasteiger partial charge is 0.398 e. The van der Waals surface area contributed by atoms with Gasteiger partial charge in [0.25, 0.3) is 10.0 Å². The van der Waals surface area contributed by atoms with Crippen molar-refractivity contribution in [3.63, 3.8) is 0 Å². The number of hydrogen-bond acceptors (Lipinski definition) is 3. The van der Waals surface area contributed by atoms with Crippen LogP contribution in [0.5, 0.6) is 0 Å². The first kappa shape index (κ1) is 15.8. The lowest BCUT2D eigenvalue weighted by molar-refractivity contribution is 0.600. The van der Waals surface area contributed by atoms with Gasteiger partial charge in [0.2, 0.25) is 0 Å². The van der Waals surface area contributed by atoms with E-state index >= 15 is 0 Å². The summed E-state index contributed by atoms with van der Waals surface area (Å²) in [7, 11) is -3.85. The van der Waals surface area contributed by atoms with E-state index in [9.17, 15) is 12.8 Å². The maximum absolute atomic E-state index is 13.3. The van der Waals surface area contributed by atoms with Crippen molar-refractivity contribution in [2.75, 3.05) is 10.5 Å². The van der Waals surface area contributed by atoms with Gasteiger partial charge in [0.05, 0.1) is 10.6 Å². The minimum Gasteiger partial charge on any atom is -0.398 e. The van der Waals surface area contributed by atoms with E-state index in [1.165, 1.54) is 18.2 Å². The van der Waals surface area contributed by atoms with Crippen LogP contribution in [0.1, 0.15) is 11.1 Å². The van der Waals surface area contributed by atoms with E-state index < -0.39 is 15.8 Å². The monoisotopic (exact) mass is 372 g/mol. The molecular formula is C14H14BrFN2O2S. The molecule has 7 heteroatoms. The fourth-order valence-corrected chi connectivity index (χ4v) is 3.91. The Morgan fingerprint density at radius 2 is 1.86 bits per heavy atom. The second-order valence-corrected chi connectivity index (χ2v) is 7.25. The lowest BCUT2D eigenvalue weighted by atomic mass is 10.2. The van der Waals surface area contributed by atoms with Crippen molar-refractivity contribution >= 4 is 37.3 Å². The van der Waals surface area contributed by atoms with Gasteiger partial charge >= 0.3 is 0 Å². The summed E-state index contributed by atoms with van der Waals surface area (Å²) in [6.07, 6.45) is 0. The molecule has 2 aromatic rings. The first-order valence-electron chi connectivity index (χ1n) is 6.05. The van der Waals surface area contributed by atoms with Crippen molar-refractivity contribution < 1.29 is 12.8 Å². The maximum Gasteiger partial charge on any atom is 0.262 e. The molecule has 0 amide bonds. The summed E-state index contributed by atoms with van der Waals surface area (Å²) in [5.41, 5.74) is 7.42. The number of hydrogen-bond donors (Lipinski definition) is 2. The zero-order chi connectivity index (χ0) is 15.8. The SMILES string of the molecule is Cc1ccc(F)cc1NS(=O)(=O)c1cc(Br)cc(N)c1C. The number of halogens is 2. The van der Waals surface area contributed by atoms with Gasteiger partial charge in [-0.15, -0.1) is 0 Å². The number of nitrogens with one attached hydrogen (secondary N) is 1. The van der Waals surface area contributed by atoms with Crippen LogP contribution in [0, 0.1) is 19.7 Å². The fraction of sp³-hybridized carbons (Fsp3) is 0.143. The molecule has 3 N–H and O–H groups in total. The molecule has 0 unspecified atom stereocenters. The Kier molecular flexibility index (Phi) is 4.25. The molecule has 0 radical (unpaired) electrons. The minimum atomic E-state index is -3.85. The average molecular weight is 373 g/mol. The molecule has 112 valence electrons. The first-order valence-corrected chi connectivity index (χ1v) is 8.33. The van der Waals surface area contributed by atoms with Crippen LogP contribution in [-0.2, 0) is 10.0 Å². The summed E-state index contributed by atoms with van der Waals surface area (Å²) in [6.45, 7) is 3.31. The third-order valence-corrected chi connectivity index (χ3v) is 5.05. The topological polar surface area (TPSA) is 72.2 Å². The van der Waals surface area contributed by atoms with Gasteiger partial charge in [-0.3, -0.25) is 4.72 Å². The molecule has 4 nitrogen and oxygen atoms in total. The number of benzene rings is 2. The molecule has 0 aliphatic carbocycles. The molecule has 0 aromatic heterocycles. The zero-order valence-corrected chi connectivity index (χ0v) is 13.8. The average Bonchev–Trinajstić information content (AvgIpc) is 2.37. The van der Waals surface area contributed by atoms with E-state index in [0.29, 0.717) is 21.3 Å². The summed E-state index contributed by atoms with van der Waals surface area (Å²) in [5.74, 6) is -0.510. The van der Waals surface area contributed by atoms with E-state index in [-0.39, 0.29) is 10.6 Å². The van der Waals surface area contributed by atoms with Gasteiger partial charge in [-0.2, -0.15) is 0 Å². The number of sulfonamides is 1. The van der Waals surface area contributed by atoms with E-state index in [1.54, 1.807) is 19.9 Å². The minimum absolute atomic E-state index is 0.0537. The van der Waals surface area contributed by atoms with Crippen molar-refractivity contribution in [1.29, 1.82) is 0 Å². The van der Waals surface area contributed by atoms with Crippen LogP contribution in [0.25, 0.3) is 0 Å². The molecular weight excluding hydrogens is 359 g/mol. The summed E-state index contributed by atoms with van der Waals surface area (Å²) < 4.78 is 41.2. The molecule has 0 aliphatic rings. The smallest absolute Gasteiger partial charge is 0.262 e. The molecule has 0 saturated heterocycles. The number of aryl methyl sites for hydroxylation is 1. The molecule has 0 heterocycles. The highest BCUT2D eigenvalue weighted by molar-refractivity contribution is 9.10. The van der Waals surface area contributed by atoms with E-state index in [0.717, 1.165) is 6.07 Å². The first-order chi connectivity index (χ1) is 9.70. The Hall–Kier alpha value is -1.60. The van der Waals surface area contributed by atoms with Gasteiger partial charge < -0.3 is 5.73 Å². The number of nitrogen functional groups attached to an aromatic ring is 1. The highest BCUT2D eigenvalue weighted by atomic mass is 79.9. The lowest BCUT2D eigenvalue weighted by Gasteiger charge is -2.14. The van der Waals surface area contributed by atoms with Crippen LogP contribution in [0.4, 0.5) is 15.8 Å². The van der Waals surface area contributed by atoms with Crippen LogP contribution < -0.4 is 10.5 Å². The van der Waals surface area contributed by atoms with Crippen molar-refractivity contribution in [2.24, 2.45) is 0 Å². The third kappa shape index (κ3) is 3.36. The van der Waals surface area contributed by atoms with Crippen LogP contribution in [0.15, 0.2) is 39.7 Å². The maximum atomic E-state index is 13.3. The molecule has 2 rings (SSSR count). The second-order valence-electron chi connectivity index (χ2n) is 4.68. The van der Waals surface area contributed by atoms with E-state index in [1.807, 2.05) is 0 Å². The summed E-state index contributed by atoms with van der Waals surface area (Å²) in [4.78, 5) is 0.0537. The second kappa shape index (κ2) is 5.65. The molecule has 2 aromatic carbocycles. The standard InChI is InChI=1S/C14H14BrFN2O2S/c1-8-3-4-11(16)7-13(8)18-21(19,20)14-6-10(15)5-12(17)9(14)2/h3-7,18H,17H2,1-2H3. The number of anilines is 2. The van der Waals surface area contributed by atoms with Gasteiger partial charge in [0.15, 0.2) is 0 Å². The lowest BCUT2D eigenvalue weighted by Crippen LogP contribution is -2.16. The quantitative estimate of drug-likeness (QED) is 0.808. The van der Waals surface area contributed by atoms with Crippen molar-refractivity contribution in [3.8, 4) is 0 Å². The van der Waals surface area contributed by atoms with Gasteiger partial charge in [-0.1, -0.05) is 22.0 Å². The Bertz CT molecular complexity index is 807. The van der Waals surface area contributed by atoms with Gasteiger partial charge in [0, 0.05) is 10.2 Å². The number of rotatable bonds is 3. The van der Waals surface area contributed by atoms with Crippen LogP contribution in [0.3, 0.4) is 0 Å². The fourth-order valence-electron chi connectivity index (χ4n) is 1.86. The molecule has 0 aliphatic heterocycles. The van der Waals surface area contributed by atoms with Crippen LogP contribution >= 0.6 is 15.9 Å². The molecule has 0 spiro atoms. The summed E-state index contributed by atoms with van der Waals surface area (Å²) in [5, 5.41) is 0. The molecule has 0 saturated carbocycles. The van der Waals surface area contributed by atoms with Crippen molar-refractivity contribution in [2.45, 2.75) is 18.7 Å². The van der Waals surface area contributed by atoms with Gasteiger partial charge in [-0.25, -0.2) is 12.8 Å². The Balaban J connectivity index is 2.51. The van der Waals surface area contributed by atoms with E-state index in [2.05, 4.69) is 20.7 Å². The van der Waals surface area contributed by atoms with Crippen LogP contribution in [-0.4, -0.2) is 8.42 Å². The normalized spacial score (nSPS) is 11.4. The highest BCUT2D eigenvalue weighted by Crippen LogP contribution is 2.28.